The van der Waals surface area contributed by atoms with E-state index in [2.05, 4.69) is 42.1 Å². The lowest BCUT2D eigenvalue weighted by atomic mass is 10.2. The summed E-state index contributed by atoms with van der Waals surface area (Å²) in [6, 6.07) is 9.34. The van der Waals surface area contributed by atoms with E-state index >= 15 is 0 Å². The molecule has 2 aromatic rings. The summed E-state index contributed by atoms with van der Waals surface area (Å²) in [4.78, 5) is 4.75. The summed E-state index contributed by atoms with van der Waals surface area (Å²) in [6.07, 6.45) is 5.36. The second kappa shape index (κ2) is 4.73. The minimum Gasteiger partial charge on any atom is -0.330 e. The first kappa shape index (κ1) is 11.7. The normalized spacial score (nSPS) is 18.6. The molecule has 3 nitrogen and oxygen atoms in total. The number of aryl methyl sites for hydroxylation is 1. The van der Waals surface area contributed by atoms with Gasteiger partial charge in [-0.25, -0.2) is 4.98 Å². The molecule has 1 heterocycles. The van der Waals surface area contributed by atoms with Crippen LogP contribution in [0.4, 0.5) is 0 Å². The van der Waals surface area contributed by atoms with Crippen LogP contribution in [0.1, 0.15) is 44.5 Å². The van der Waals surface area contributed by atoms with Gasteiger partial charge in [-0.3, -0.25) is 0 Å². The fourth-order valence-electron chi connectivity index (χ4n) is 3.07. The molecule has 1 aliphatic carbocycles. The summed E-state index contributed by atoms with van der Waals surface area (Å²) in [5.74, 6) is 1.14. The lowest BCUT2D eigenvalue weighted by Crippen LogP contribution is -2.30. The van der Waals surface area contributed by atoms with E-state index in [9.17, 15) is 0 Å². The molecule has 1 saturated carbocycles. The van der Waals surface area contributed by atoms with Crippen LogP contribution in [0.5, 0.6) is 0 Å². The molecule has 1 aromatic carbocycles. The van der Waals surface area contributed by atoms with Crippen molar-refractivity contribution in [3.05, 3.63) is 30.1 Å². The van der Waals surface area contributed by atoms with Crippen LogP contribution in [0.25, 0.3) is 11.0 Å². The van der Waals surface area contributed by atoms with Crippen LogP contribution >= 0.6 is 0 Å². The molecule has 1 atom stereocenters. The van der Waals surface area contributed by atoms with Gasteiger partial charge in [-0.05, 0) is 31.9 Å². The molecule has 0 unspecified atom stereocenters. The summed E-state index contributed by atoms with van der Waals surface area (Å²) < 4.78 is 2.21. The molecule has 0 saturated heterocycles. The largest absolute Gasteiger partial charge is 0.330 e. The molecule has 1 aliphatic rings. The molecule has 3 rings (SSSR count). The van der Waals surface area contributed by atoms with Crippen LogP contribution in [0.15, 0.2) is 24.3 Å². The zero-order valence-electron chi connectivity index (χ0n) is 11.2. The van der Waals surface area contributed by atoms with Gasteiger partial charge in [0.25, 0.3) is 0 Å². The highest BCUT2D eigenvalue weighted by Crippen LogP contribution is 2.23. The van der Waals surface area contributed by atoms with Crippen molar-refractivity contribution in [2.45, 2.75) is 44.7 Å². The minimum absolute atomic E-state index is 0.325. The number of aromatic nitrogens is 2. The fourth-order valence-corrected chi connectivity index (χ4v) is 3.07. The Morgan fingerprint density at radius 2 is 2.00 bits per heavy atom. The molecular formula is C15H21N3. The Bertz CT molecular complexity index is 538. The van der Waals surface area contributed by atoms with Crippen LogP contribution in [0.2, 0.25) is 0 Å². The summed E-state index contributed by atoms with van der Waals surface area (Å²) in [7, 11) is 2.11. The molecule has 0 radical (unpaired) electrons. The summed E-state index contributed by atoms with van der Waals surface area (Å²) in [5.41, 5.74) is 2.31. The third-order valence-corrected chi connectivity index (χ3v) is 4.05. The van der Waals surface area contributed by atoms with Crippen molar-refractivity contribution in [2.75, 3.05) is 0 Å². The van der Waals surface area contributed by atoms with Crippen molar-refractivity contribution < 1.29 is 0 Å². The number of hydrogen-bond acceptors (Lipinski definition) is 2. The predicted octanol–water partition coefficient (Wildman–Crippen LogP) is 3.17. The van der Waals surface area contributed by atoms with Crippen molar-refractivity contribution in [3.63, 3.8) is 0 Å². The van der Waals surface area contributed by atoms with E-state index in [-0.39, 0.29) is 0 Å². The topological polar surface area (TPSA) is 29.9 Å². The Morgan fingerprint density at radius 3 is 2.72 bits per heavy atom. The lowest BCUT2D eigenvalue weighted by molar-refractivity contribution is 0.441. The zero-order chi connectivity index (χ0) is 12.5. The third-order valence-electron chi connectivity index (χ3n) is 4.05. The number of hydrogen-bond donors (Lipinski definition) is 1. The zero-order valence-corrected chi connectivity index (χ0v) is 11.2. The van der Waals surface area contributed by atoms with Crippen molar-refractivity contribution in [1.29, 1.82) is 0 Å². The Kier molecular flexibility index (Phi) is 3.08. The van der Waals surface area contributed by atoms with Crippen molar-refractivity contribution in [3.8, 4) is 0 Å². The maximum Gasteiger partial charge on any atom is 0.126 e. The van der Waals surface area contributed by atoms with Gasteiger partial charge in [0, 0.05) is 13.1 Å². The van der Waals surface area contributed by atoms with E-state index in [1.807, 2.05) is 6.07 Å². The average Bonchev–Trinajstić information content (AvgIpc) is 2.98. The number of rotatable bonds is 3. The smallest absolute Gasteiger partial charge is 0.126 e. The van der Waals surface area contributed by atoms with Crippen LogP contribution in [0, 0.1) is 0 Å². The minimum atomic E-state index is 0.325. The van der Waals surface area contributed by atoms with Gasteiger partial charge in [-0.15, -0.1) is 0 Å². The fraction of sp³-hybridized carbons (Fsp3) is 0.533. The number of para-hydroxylation sites is 2. The molecule has 0 amide bonds. The number of imidazole rings is 1. The number of benzene rings is 1. The molecule has 3 heteroatoms. The summed E-state index contributed by atoms with van der Waals surface area (Å²) in [6.45, 7) is 2.22. The van der Waals surface area contributed by atoms with Gasteiger partial charge in [0.05, 0.1) is 17.1 Å². The molecule has 96 valence electrons. The van der Waals surface area contributed by atoms with Crippen molar-refractivity contribution >= 4 is 11.0 Å². The van der Waals surface area contributed by atoms with Gasteiger partial charge in [0.15, 0.2) is 0 Å². The van der Waals surface area contributed by atoms with E-state index < -0.39 is 0 Å². The van der Waals surface area contributed by atoms with Gasteiger partial charge >= 0.3 is 0 Å². The highest BCUT2D eigenvalue weighted by atomic mass is 15.1. The van der Waals surface area contributed by atoms with Crippen molar-refractivity contribution in [1.82, 2.24) is 14.9 Å². The second-order valence-electron chi connectivity index (χ2n) is 5.39. The summed E-state index contributed by atoms with van der Waals surface area (Å²) >= 11 is 0. The average molecular weight is 243 g/mol. The number of nitrogens with one attached hydrogen (secondary N) is 1. The van der Waals surface area contributed by atoms with Crippen LogP contribution in [0.3, 0.4) is 0 Å². The van der Waals surface area contributed by atoms with E-state index in [0.29, 0.717) is 12.1 Å². The molecule has 0 spiro atoms. The highest BCUT2D eigenvalue weighted by Gasteiger charge is 2.20. The molecular weight excluding hydrogens is 222 g/mol. The number of fused-ring (bicyclic) bond motifs is 1. The standard InChI is InChI=1S/C15H21N3/c1-11(16-12-7-3-4-8-12)15-17-13-9-5-6-10-14(13)18(15)2/h5-6,9-12,16H,3-4,7-8H2,1-2H3/t11-/m1/s1. The first-order valence-electron chi connectivity index (χ1n) is 6.93. The van der Waals surface area contributed by atoms with E-state index in [1.165, 1.54) is 31.2 Å². The summed E-state index contributed by atoms with van der Waals surface area (Å²) in [5, 5.41) is 3.71. The Hall–Kier alpha value is -1.35. The van der Waals surface area contributed by atoms with E-state index in [4.69, 9.17) is 4.98 Å². The maximum atomic E-state index is 4.75. The van der Waals surface area contributed by atoms with Gasteiger partial charge in [-0.2, -0.15) is 0 Å². The number of nitrogens with zero attached hydrogens (tertiary/aromatic N) is 2. The van der Waals surface area contributed by atoms with Crippen LogP contribution in [-0.2, 0) is 7.05 Å². The molecule has 18 heavy (non-hydrogen) atoms. The van der Waals surface area contributed by atoms with Gasteiger partial charge in [-0.1, -0.05) is 25.0 Å². The molecule has 1 aromatic heterocycles. The second-order valence-corrected chi connectivity index (χ2v) is 5.39. The Balaban J connectivity index is 1.86. The molecule has 0 bridgehead atoms. The Morgan fingerprint density at radius 1 is 1.28 bits per heavy atom. The predicted molar refractivity (Wildman–Crippen MR) is 74.5 cm³/mol. The van der Waals surface area contributed by atoms with Crippen molar-refractivity contribution in [2.24, 2.45) is 7.05 Å². The van der Waals surface area contributed by atoms with Crippen LogP contribution in [-0.4, -0.2) is 15.6 Å². The van der Waals surface area contributed by atoms with Crippen LogP contribution < -0.4 is 5.32 Å². The van der Waals surface area contributed by atoms with Gasteiger partial charge < -0.3 is 9.88 Å². The monoisotopic (exact) mass is 243 g/mol. The Labute approximate surface area is 108 Å². The molecule has 0 aliphatic heterocycles. The SMILES string of the molecule is C[C@@H](NC1CCCC1)c1nc2ccccc2n1C. The van der Waals surface area contributed by atoms with Gasteiger partial charge in [0.1, 0.15) is 5.82 Å². The first-order valence-corrected chi connectivity index (χ1v) is 6.93. The highest BCUT2D eigenvalue weighted by molar-refractivity contribution is 5.75. The third kappa shape index (κ3) is 2.03. The van der Waals surface area contributed by atoms with Gasteiger partial charge in [0.2, 0.25) is 0 Å². The molecule has 1 N–H and O–H groups in total. The quantitative estimate of drug-likeness (QED) is 0.897. The first-order chi connectivity index (χ1) is 8.75. The lowest BCUT2D eigenvalue weighted by Gasteiger charge is -2.18. The van der Waals surface area contributed by atoms with E-state index in [1.54, 1.807) is 0 Å². The molecule has 1 fully saturated rings. The maximum absolute atomic E-state index is 4.75. The van der Waals surface area contributed by atoms with E-state index in [0.717, 1.165) is 11.3 Å².